The fourth-order valence-corrected chi connectivity index (χ4v) is 3.22. The highest BCUT2D eigenvalue weighted by Crippen LogP contribution is 2.37. The van der Waals surface area contributed by atoms with Gasteiger partial charge in [0.2, 0.25) is 0 Å². The Kier molecular flexibility index (Phi) is 3.35. The maximum atomic E-state index is 13.1. The van der Waals surface area contributed by atoms with Gasteiger partial charge in [0.15, 0.2) is 5.69 Å². The number of aromatic amines is 1. The molecule has 0 saturated carbocycles. The molecule has 1 unspecified atom stereocenters. The highest BCUT2D eigenvalue weighted by molar-refractivity contribution is 6.13. The summed E-state index contributed by atoms with van der Waals surface area (Å²) in [6.45, 7) is 0.0304. The van der Waals surface area contributed by atoms with E-state index in [0.717, 1.165) is 0 Å². The van der Waals surface area contributed by atoms with Gasteiger partial charge in [-0.15, -0.1) is 0 Å². The van der Waals surface area contributed by atoms with E-state index in [1.165, 1.54) is 4.90 Å². The number of nitrogens with one attached hydrogen (secondary N) is 1. The number of para-hydroxylation sites is 1. The molecule has 1 atom stereocenters. The van der Waals surface area contributed by atoms with Gasteiger partial charge >= 0.3 is 5.97 Å². The highest BCUT2D eigenvalue weighted by Gasteiger charge is 2.37. The van der Waals surface area contributed by atoms with Crippen LogP contribution in [0.25, 0.3) is 10.8 Å². The Morgan fingerprint density at radius 2 is 1.76 bits per heavy atom. The summed E-state index contributed by atoms with van der Waals surface area (Å²) in [5.74, 6) is -2.21. The number of carboxylic acid groups (broad SMARTS) is 1. The minimum absolute atomic E-state index is 0.0304. The van der Waals surface area contributed by atoms with Gasteiger partial charge in [-0.25, -0.2) is 5.10 Å². The average Bonchev–Trinajstić information content (AvgIpc) is 3.02. The van der Waals surface area contributed by atoms with Crippen LogP contribution in [-0.4, -0.2) is 33.7 Å². The van der Waals surface area contributed by atoms with Crippen molar-refractivity contribution in [3.05, 3.63) is 70.1 Å². The van der Waals surface area contributed by atoms with Crippen LogP contribution in [0.3, 0.4) is 0 Å². The van der Waals surface area contributed by atoms with E-state index < -0.39 is 17.8 Å². The van der Waals surface area contributed by atoms with Crippen LogP contribution in [0.4, 0.5) is 5.69 Å². The minimum atomic E-state index is -0.984. The SMILES string of the molecule is O=C(O)C1CN(C(=O)c2n[nH]c(=O)c3ccccc23)c2ccccc21. The molecule has 0 saturated heterocycles. The highest BCUT2D eigenvalue weighted by atomic mass is 16.4. The van der Waals surface area contributed by atoms with Gasteiger partial charge in [0.25, 0.3) is 11.5 Å². The van der Waals surface area contributed by atoms with Gasteiger partial charge in [0.05, 0.1) is 5.39 Å². The summed E-state index contributed by atoms with van der Waals surface area (Å²) in [6.07, 6.45) is 0. The monoisotopic (exact) mass is 335 g/mol. The maximum absolute atomic E-state index is 13.1. The molecule has 0 bridgehead atoms. The second-order valence-electron chi connectivity index (χ2n) is 5.81. The third kappa shape index (κ3) is 2.28. The van der Waals surface area contributed by atoms with Crippen LogP contribution in [0, 0.1) is 0 Å². The molecular formula is C18H13N3O4. The van der Waals surface area contributed by atoms with Gasteiger partial charge in [-0.1, -0.05) is 36.4 Å². The summed E-state index contributed by atoms with van der Waals surface area (Å²) in [5.41, 5.74) is 0.863. The number of nitrogens with zero attached hydrogens (tertiary/aromatic N) is 2. The molecular weight excluding hydrogens is 322 g/mol. The first-order chi connectivity index (χ1) is 12.1. The number of hydrogen-bond donors (Lipinski definition) is 2. The number of rotatable bonds is 2. The zero-order valence-electron chi connectivity index (χ0n) is 13.0. The Hall–Kier alpha value is -3.48. The van der Waals surface area contributed by atoms with Gasteiger partial charge in [0.1, 0.15) is 5.92 Å². The first-order valence-electron chi connectivity index (χ1n) is 7.69. The lowest BCUT2D eigenvalue weighted by atomic mass is 10.0. The molecule has 4 rings (SSSR count). The molecule has 3 aromatic rings. The molecule has 0 radical (unpaired) electrons. The fraction of sp³-hybridized carbons (Fsp3) is 0.111. The lowest BCUT2D eigenvalue weighted by molar-refractivity contribution is -0.138. The minimum Gasteiger partial charge on any atom is -0.481 e. The van der Waals surface area contributed by atoms with Crippen molar-refractivity contribution in [2.75, 3.05) is 11.4 Å². The summed E-state index contributed by atoms with van der Waals surface area (Å²) in [4.78, 5) is 37.9. The van der Waals surface area contributed by atoms with Gasteiger partial charge in [0, 0.05) is 17.6 Å². The van der Waals surface area contributed by atoms with E-state index in [9.17, 15) is 19.5 Å². The van der Waals surface area contributed by atoms with Crippen LogP contribution in [0.2, 0.25) is 0 Å². The Balaban J connectivity index is 1.85. The van der Waals surface area contributed by atoms with Crippen molar-refractivity contribution in [3.8, 4) is 0 Å². The van der Waals surface area contributed by atoms with E-state index >= 15 is 0 Å². The molecule has 1 aliphatic rings. The number of carbonyl (C=O) groups excluding carboxylic acids is 1. The second-order valence-corrected chi connectivity index (χ2v) is 5.81. The molecule has 1 aliphatic heterocycles. The normalized spacial score (nSPS) is 16.0. The van der Waals surface area contributed by atoms with Gasteiger partial charge < -0.3 is 10.0 Å². The van der Waals surface area contributed by atoms with Crippen molar-refractivity contribution in [2.24, 2.45) is 0 Å². The summed E-state index contributed by atoms with van der Waals surface area (Å²) < 4.78 is 0. The maximum Gasteiger partial charge on any atom is 0.312 e. The molecule has 7 heteroatoms. The van der Waals surface area contributed by atoms with Crippen molar-refractivity contribution in [2.45, 2.75) is 5.92 Å². The molecule has 7 nitrogen and oxygen atoms in total. The smallest absolute Gasteiger partial charge is 0.312 e. The summed E-state index contributed by atoms with van der Waals surface area (Å²) in [6, 6.07) is 13.6. The molecule has 25 heavy (non-hydrogen) atoms. The number of fused-ring (bicyclic) bond motifs is 2. The number of H-pyrrole nitrogens is 1. The molecule has 2 N–H and O–H groups in total. The third-order valence-electron chi connectivity index (χ3n) is 4.41. The average molecular weight is 335 g/mol. The molecule has 1 amide bonds. The Labute approximate surface area is 141 Å². The van der Waals surface area contributed by atoms with Crippen molar-refractivity contribution >= 4 is 28.3 Å². The number of carbonyl (C=O) groups is 2. The summed E-state index contributed by atoms with van der Waals surface area (Å²) >= 11 is 0. The largest absolute Gasteiger partial charge is 0.481 e. The standard InChI is InChI=1S/C18H13N3O4/c22-16-12-7-2-1-6-11(12)15(19-20-16)17(23)21-9-13(18(24)25)10-5-3-4-8-14(10)21/h1-8,13H,9H2,(H,20,22)(H,24,25). The zero-order chi connectivity index (χ0) is 17.6. The van der Waals surface area contributed by atoms with E-state index in [4.69, 9.17) is 0 Å². The van der Waals surface area contributed by atoms with Gasteiger partial charge in [-0.3, -0.25) is 14.4 Å². The lowest BCUT2D eigenvalue weighted by Crippen LogP contribution is -2.33. The van der Waals surface area contributed by atoms with Crippen molar-refractivity contribution in [1.29, 1.82) is 0 Å². The second kappa shape index (κ2) is 5.55. The predicted octanol–water partition coefficient (Wildman–Crippen LogP) is 1.75. The fourth-order valence-electron chi connectivity index (χ4n) is 3.22. The van der Waals surface area contributed by atoms with Crippen molar-refractivity contribution in [1.82, 2.24) is 10.2 Å². The molecule has 2 heterocycles. The quantitative estimate of drug-likeness (QED) is 0.742. The predicted molar refractivity (Wildman–Crippen MR) is 90.9 cm³/mol. The van der Waals surface area contributed by atoms with E-state index in [-0.39, 0.29) is 17.8 Å². The van der Waals surface area contributed by atoms with Crippen LogP contribution in [-0.2, 0) is 4.79 Å². The molecule has 2 aromatic carbocycles. The van der Waals surface area contributed by atoms with Crippen LogP contribution in [0.1, 0.15) is 22.0 Å². The molecule has 124 valence electrons. The molecule has 0 fully saturated rings. The van der Waals surface area contributed by atoms with Crippen LogP contribution >= 0.6 is 0 Å². The number of hydrogen-bond acceptors (Lipinski definition) is 4. The Morgan fingerprint density at radius 3 is 2.52 bits per heavy atom. The topological polar surface area (TPSA) is 103 Å². The summed E-state index contributed by atoms with van der Waals surface area (Å²) in [5, 5.41) is 16.5. The number of benzene rings is 2. The zero-order valence-corrected chi connectivity index (χ0v) is 13.0. The van der Waals surface area contributed by atoms with Crippen molar-refractivity contribution < 1.29 is 14.7 Å². The lowest BCUT2D eigenvalue weighted by Gasteiger charge is -2.17. The number of amides is 1. The van der Waals surface area contributed by atoms with Crippen LogP contribution in [0.15, 0.2) is 53.3 Å². The van der Waals surface area contributed by atoms with Crippen LogP contribution in [0.5, 0.6) is 0 Å². The Bertz CT molecular complexity index is 1070. The van der Waals surface area contributed by atoms with Gasteiger partial charge in [-0.2, -0.15) is 5.10 Å². The number of anilines is 1. The van der Waals surface area contributed by atoms with E-state index in [2.05, 4.69) is 10.2 Å². The van der Waals surface area contributed by atoms with E-state index in [1.807, 2.05) is 0 Å². The third-order valence-corrected chi connectivity index (χ3v) is 4.41. The van der Waals surface area contributed by atoms with Crippen molar-refractivity contribution in [3.63, 3.8) is 0 Å². The first kappa shape index (κ1) is 15.1. The Morgan fingerprint density at radius 1 is 1.08 bits per heavy atom. The number of aliphatic carboxylic acids is 1. The molecule has 0 spiro atoms. The molecule has 1 aromatic heterocycles. The number of carboxylic acids is 1. The van der Waals surface area contributed by atoms with Gasteiger partial charge in [-0.05, 0) is 17.7 Å². The van der Waals surface area contributed by atoms with Crippen LogP contribution < -0.4 is 10.5 Å². The summed E-state index contributed by atoms with van der Waals surface area (Å²) in [7, 11) is 0. The number of aromatic nitrogens is 2. The van der Waals surface area contributed by atoms with E-state index in [0.29, 0.717) is 22.0 Å². The molecule has 0 aliphatic carbocycles. The first-order valence-corrected chi connectivity index (χ1v) is 7.69. The van der Waals surface area contributed by atoms with E-state index in [1.54, 1.807) is 48.5 Å².